The fourth-order valence-electron chi connectivity index (χ4n) is 4.32. The highest BCUT2D eigenvalue weighted by molar-refractivity contribution is 6.36. The number of halogens is 1. The fraction of sp³-hybridized carbons (Fsp3) is 0.433. The maximum Gasteiger partial charge on any atom is 0.259 e. The number of benzene rings is 3. The van der Waals surface area contributed by atoms with Crippen LogP contribution in [0.25, 0.3) is 10.8 Å². The lowest BCUT2D eigenvalue weighted by molar-refractivity contribution is 0.102. The van der Waals surface area contributed by atoms with Gasteiger partial charge in [0.1, 0.15) is 11.5 Å². The topological polar surface area (TPSA) is 58.6 Å². The third-order valence-corrected chi connectivity index (χ3v) is 6.66. The van der Waals surface area contributed by atoms with E-state index in [-0.39, 0.29) is 11.3 Å². The van der Waals surface area contributed by atoms with Gasteiger partial charge in [0.25, 0.3) is 5.91 Å². The van der Waals surface area contributed by atoms with Crippen molar-refractivity contribution in [1.29, 1.82) is 0 Å². The monoisotopic (exact) mass is 495 g/mol. The lowest BCUT2D eigenvalue weighted by atomic mass is 10.0. The van der Waals surface area contributed by atoms with E-state index in [9.17, 15) is 9.90 Å². The van der Waals surface area contributed by atoms with Crippen molar-refractivity contribution in [1.82, 2.24) is 0 Å². The number of unbranched alkanes of at least 4 members (excludes halogenated alkanes) is 9. The van der Waals surface area contributed by atoms with Crippen LogP contribution >= 0.6 is 11.6 Å². The second-order valence-electron chi connectivity index (χ2n) is 9.28. The number of amides is 1. The molecule has 0 fully saturated rings. The van der Waals surface area contributed by atoms with E-state index in [1.165, 1.54) is 57.4 Å². The van der Waals surface area contributed by atoms with Crippen LogP contribution in [0.4, 0.5) is 5.69 Å². The lowest BCUT2D eigenvalue weighted by Gasteiger charge is -2.15. The molecular formula is C30H38ClNO3. The molecule has 2 N–H and O–H groups in total. The van der Waals surface area contributed by atoms with Gasteiger partial charge in [-0.3, -0.25) is 4.79 Å². The van der Waals surface area contributed by atoms with E-state index < -0.39 is 5.91 Å². The first-order valence-corrected chi connectivity index (χ1v) is 13.3. The maximum absolute atomic E-state index is 13.1. The zero-order valence-electron chi connectivity index (χ0n) is 21.0. The Morgan fingerprint density at radius 1 is 0.886 bits per heavy atom. The molecule has 0 bridgehead atoms. The first-order valence-electron chi connectivity index (χ1n) is 13.0. The molecule has 1 amide bonds. The standard InChI is InChI=1S/C30H38ClNO3/c1-3-4-5-6-7-8-9-10-11-14-19-35-28-18-17-22(2)20-27(28)32-30(34)25-21-26(31)23-15-12-13-16-24(23)29(25)33/h12-13,15-18,20-21,33H,3-11,14,19H2,1-2H3,(H,32,34). The molecule has 0 spiro atoms. The van der Waals surface area contributed by atoms with Crippen LogP contribution in [0.1, 0.15) is 87.1 Å². The molecule has 0 saturated carbocycles. The number of anilines is 1. The molecular weight excluding hydrogens is 458 g/mol. The lowest BCUT2D eigenvalue weighted by Crippen LogP contribution is -2.14. The fourth-order valence-corrected chi connectivity index (χ4v) is 4.59. The van der Waals surface area contributed by atoms with Gasteiger partial charge >= 0.3 is 0 Å². The number of aryl methyl sites for hydroxylation is 1. The van der Waals surface area contributed by atoms with Crippen molar-refractivity contribution < 1.29 is 14.6 Å². The molecule has 0 aliphatic heterocycles. The minimum Gasteiger partial charge on any atom is -0.506 e. The van der Waals surface area contributed by atoms with E-state index in [1.807, 2.05) is 37.3 Å². The summed E-state index contributed by atoms with van der Waals surface area (Å²) in [4.78, 5) is 13.1. The van der Waals surface area contributed by atoms with Crippen LogP contribution in [-0.2, 0) is 0 Å². The summed E-state index contributed by atoms with van der Waals surface area (Å²) >= 11 is 6.38. The normalized spacial score (nSPS) is 11.1. The van der Waals surface area contributed by atoms with Crippen LogP contribution in [-0.4, -0.2) is 17.6 Å². The molecule has 0 atom stereocenters. The molecule has 0 heterocycles. The summed E-state index contributed by atoms with van der Waals surface area (Å²) < 4.78 is 6.02. The predicted octanol–water partition coefficient (Wildman–Crippen LogP) is 9.06. The molecule has 0 aliphatic carbocycles. The number of phenols is 1. The Labute approximate surface area is 214 Å². The third-order valence-electron chi connectivity index (χ3n) is 6.35. The third kappa shape index (κ3) is 7.90. The van der Waals surface area contributed by atoms with Crippen molar-refractivity contribution in [2.24, 2.45) is 0 Å². The number of aromatic hydroxyl groups is 1. The molecule has 0 unspecified atom stereocenters. The van der Waals surface area contributed by atoms with Gasteiger partial charge in [-0.05, 0) is 37.1 Å². The number of carbonyl (C=O) groups excluding carboxylic acids is 1. The second-order valence-corrected chi connectivity index (χ2v) is 9.69. The Kier molecular flexibility index (Phi) is 10.7. The molecule has 3 aromatic rings. The molecule has 0 aromatic heterocycles. The summed E-state index contributed by atoms with van der Waals surface area (Å²) in [5, 5.41) is 15.3. The Balaban J connectivity index is 1.53. The average Bonchev–Trinajstić information content (AvgIpc) is 2.86. The SMILES string of the molecule is CCCCCCCCCCCCOc1ccc(C)cc1NC(=O)c1cc(Cl)c2ccccc2c1O. The van der Waals surface area contributed by atoms with Crippen LogP contribution in [0.5, 0.6) is 11.5 Å². The van der Waals surface area contributed by atoms with Crippen LogP contribution in [0, 0.1) is 6.92 Å². The summed E-state index contributed by atoms with van der Waals surface area (Å²) in [7, 11) is 0. The molecule has 188 valence electrons. The number of rotatable bonds is 14. The first-order chi connectivity index (χ1) is 17.0. The van der Waals surface area contributed by atoms with Gasteiger partial charge in [-0.1, -0.05) is 107 Å². The van der Waals surface area contributed by atoms with Crippen molar-refractivity contribution in [3.8, 4) is 11.5 Å². The van der Waals surface area contributed by atoms with Gasteiger partial charge in [0, 0.05) is 15.8 Å². The van der Waals surface area contributed by atoms with E-state index in [0.29, 0.717) is 33.8 Å². The summed E-state index contributed by atoms with van der Waals surface area (Å²) in [5.41, 5.74) is 1.73. The van der Waals surface area contributed by atoms with E-state index >= 15 is 0 Å². The van der Waals surface area contributed by atoms with Gasteiger partial charge in [0.15, 0.2) is 0 Å². The minimum absolute atomic E-state index is 0.0806. The zero-order valence-corrected chi connectivity index (χ0v) is 21.8. The molecule has 0 aliphatic rings. The Bertz CT molecular complexity index is 1110. The second kappa shape index (κ2) is 14.0. The van der Waals surface area contributed by atoms with Gasteiger partial charge in [0.2, 0.25) is 0 Å². The van der Waals surface area contributed by atoms with E-state index in [2.05, 4.69) is 12.2 Å². The summed E-state index contributed by atoms with van der Waals surface area (Å²) in [6.07, 6.45) is 12.7. The Morgan fingerprint density at radius 3 is 2.20 bits per heavy atom. The molecule has 35 heavy (non-hydrogen) atoms. The van der Waals surface area contributed by atoms with Crippen LogP contribution in [0.2, 0.25) is 5.02 Å². The molecule has 3 rings (SSSR count). The number of phenolic OH excluding ortho intramolecular Hbond substituents is 1. The van der Waals surface area contributed by atoms with E-state index in [0.717, 1.165) is 18.4 Å². The number of hydrogen-bond donors (Lipinski definition) is 2. The molecule has 4 nitrogen and oxygen atoms in total. The zero-order chi connectivity index (χ0) is 25.0. The number of fused-ring (bicyclic) bond motifs is 1. The smallest absolute Gasteiger partial charge is 0.259 e. The largest absolute Gasteiger partial charge is 0.506 e. The van der Waals surface area contributed by atoms with E-state index in [1.54, 1.807) is 12.1 Å². The van der Waals surface area contributed by atoms with Crippen molar-refractivity contribution >= 4 is 34.0 Å². The van der Waals surface area contributed by atoms with Gasteiger partial charge < -0.3 is 15.2 Å². The minimum atomic E-state index is -0.426. The molecule has 0 saturated heterocycles. The first kappa shape index (κ1) is 26.9. The van der Waals surface area contributed by atoms with Crippen molar-refractivity contribution in [3.63, 3.8) is 0 Å². The number of hydrogen-bond acceptors (Lipinski definition) is 3. The highest BCUT2D eigenvalue weighted by atomic mass is 35.5. The van der Waals surface area contributed by atoms with Gasteiger partial charge in [-0.15, -0.1) is 0 Å². The summed E-state index contributed by atoms with van der Waals surface area (Å²) in [6, 6.07) is 14.5. The summed E-state index contributed by atoms with van der Waals surface area (Å²) in [5.74, 6) is 0.124. The molecule has 5 heteroatoms. The average molecular weight is 496 g/mol. The quantitative estimate of drug-likeness (QED) is 0.219. The van der Waals surface area contributed by atoms with E-state index in [4.69, 9.17) is 16.3 Å². The number of nitrogens with one attached hydrogen (secondary N) is 1. The van der Waals surface area contributed by atoms with Crippen molar-refractivity contribution in [3.05, 3.63) is 64.7 Å². The van der Waals surface area contributed by atoms with Crippen LogP contribution in [0.15, 0.2) is 48.5 Å². The van der Waals surface area contributed by atoms with Crippen molar-refractivity contribution in [2.45, 2.75) is 78.1 Å². The highest BCUT2D eigenvalue weighted by Crippen LogP contribution is 2.35. The Hall–Kier alpha value is -2.72. The van der Waals surface area contributed by atoms with Gasteiger partial charge in [-0.2, -0.15) is 0 Å². The van der Waals surface area contributed by atoms with Gasteiger partial charge in [-0.25, -0.2) is 0 Å². The van der Waals surface area contributed by atoms with Crippen LogP contribution in [0.3, 0.4) is 0 Å². The molecule has 0 radical (unpaired) electrons. The van der Waals surface area contributed by atoms with Gasteiger partial charge in [0.05, 0.1) is 17.9 Å². The number of carbonyl (C=O) groups is 1. The Morgan fingerprint density at radius 2 is 1.51 bits per heavy atom. The molecule has 3 aromatic carbocycles. The maximum atomic E-state index is 13.1. The summed E-state index contributed by atoms with van der Waals surface area (Å²) in [6.45, 7) is 4.82. The highest BCUT2D eigenvalue weighted by Gasteiger charge is 2.18. The van der Waals surface area contributed by atoms with Crippen molar-refractivity contribution in [2.75, 3.05) is 11.9 Å². The predicted molar refractivity (Wildman–Crippen MR) is 147 cm³/mol. The van der Waals surface area contributed by atoms with Crippen LogP contribution < -0.4 is 10.1 Å². The number of ether oxygens (including phenoxy) is 1.